The minimum atomic E-state index is -5.08. The van der Waals surface area contributed by atoms with Gasteiger partial charge < -0.3 is 20.5 Å². The number of para-hydroxylation sites is 1. The number of sulfonamides is 1. The van der Waals surface area contributed by atoms with E-state index < -0.39 is 28.2 Å². The smallest absolute Gasteiger partial charge is 0.475 e. The van der Waals surface area contributed by atoms with Crippen LogP contribution in [-0.2, 0) is 19.6 Å². The highest BCUT2D eigenvalue weighted by Gasteiger charge is 2.38. The number of carboxylic acid groups (broad SMARTS) is 1. The lowest BCUT2D eigenvalue weighted by molar-refractivity contribution is -0.192. The predicted octanol–water partition coefficient (Wildman–Crippen LogP) is 5.32. The zero-order valence-corrected chi connectivity index (χ0v) is 25.9. The Bertz CT molecular complexity index is 1650. The van der Waals surface area contributed by atoms with Crippen molar-refractivity contribution in [3.8, 4) is 11.5 Å². The van der Waals surface area contributed by atoms with Gasteiger partial charge in [0.25, 0.3) is 0 Å². The van der Waals surface area contributed by atoms with E-state index in [9.17, 15) is 26.4 Å². The molecular formula is C34H34F3N3O6S. The second-order valence-electron chi connectivity index (χ2n) is 10.7. The molecule has 4 N–H and O–H groups in total. The molecule has 2 atom stereocenters. The number of ether oxygens (including phenoxy) is 1. The third-order valence-electron chi connectivity index (χ3n) is 7.28. The van der Waals surface area contributed by atoms with Crippen LogP contribution in [0, 0.1) is 5.92 Å². The molecule has 4 aromatic rings. The molecule has 4 aromatic carbocycles. The number of piperidine rings is 1. The molecule has 1 aliphatic heterocycles. The van der Waals surface area contributed by atoms with Gasteiger partial charge in [-0.05, 0) is 53.9 Å². The van der Waals surface area contributed by atoms with Crippen LogP contribution in [-0.4, -0.2) is 57.3 Å². The highest BCUT2D eigenvalue weighted by molar-refractivity contribution is 7.89. The third kappa shape index (κ3) is 10.7. The Hall–Kier alpha value is -4.72. The molecule has 1 heterocycles. The molecule has 248 valence electrons. The fraction of sp³-hybridized carbons (Fsp3) is 0.235. The SMILES string of the molecule is O=C(NCC(c1ccccc1)c1ccccc1)[C@@H]1CNC[C@H](NS(=O)(=O)c2ccc(Oc3ccccc3)cc2)C1.O=C(O)C(F)(F)F. The minimum Gasteiger partial charge on any atom is -0.475 e. The normalized spacial score (nSPS) is 16.4. The van der Waals surface area contributed by atoms with Crippen LogP contribution in [0.15, 0.2) is 120 Å². The highest BCUT2D eigenvalue weighted by Crippen LogP contribution is 2.25. The van der Waals surface area contributed by atoms with E-state index in [2.05, 4.69) is 39.6 Å². The number of hydrogen-bond donors (Lipinski definition) is 4. The van der Waals surface area contributed by atoms with Gasteiger partial charge in [-0.1, -0.05) is 78.9 Å². The van der Waals surface area contributed by atoms with E-state index in [0.717, 1.165) is 11.1 Å². The molecule has 47 heavy (non-hydrogen) atoms. The fourth-order valence-corrected chi connectivity index (χ4v) is 6.23. The first-order valence-corrected chi connectivity index (χ1v) is 16.1. The Labute approximate surface area is 270 Å². The first-order chi connectivity index (χ1) is 22.4. The number of hydrogen-bond acceptors (Lipinski definition) is 6. The number of alkyl halides is 3. The molecule has 1 saturated heterocycles. The van der Waals surface area contributed by atoms with E-state index in [4.69, 9.17) is 14.6 Å². The number of rotatable bonds is 10. The van der Waals surface area contributed by atoms with Crippen molar-refractivity contribution < 1.29 is 41.0 Å². The van der Waals surface area contributed by atoms with E-state index >= 15 is 0 Å². The van der Waals surface area contributed by atoms with E-state index in [1.165, 1.54) is 12.1 Å². The highest BCUT2D eigenvalue weighted by atomic mass is 32.2. The molecule has 1 fully saturated rings. The number of carboxylic acids is 1. The molecule has 0 radical (unpaired) electrons. The van der Waals surface area contributed by atoms with Crippen LogP contribution in [0.5, 0.6) is 11.5 Å². The monoisotopic (exact) mass is 669 g/mol. The summed E-state index contributed by atoms with van der Waals surface area (Å²) in [5, 5.41) is 13.5. The molecule has 5 rings (SSSR count). The molecule has 0 saturated carbocycles. The van der Waals surface area contributed by atoms with Gasteiger partial charge in [-0.2, -0.15) is 13.2 Å². The van der Waals surface area contributed by atoms with Gasteiger partial charge in [0.2, 0.25) is 15.9 Å². The minimum absolute atomic E-state index is 0.0195. The van der Waals surface area contributed by atoms with Gasteiger partial charge in [0.15, 0.2) is 0 Å². The molecule has 9 nitrogen and oxygen atoms in total. The maximum atomic E-state index is 13.2. The van der Waals surface area contributed by atoms with Crippen molar-refractivity contribution in [2.45, 2.75) is 29.5 Å². The van der Waals surface area contributed by atoms with Crippen molar-refractivity contribution in [3.05, 3.63) is 126 Å². The molecule has 0 spiro atoms. The number of halogens is 3. The first-order valence-electron chi connectivity index (χ1n) is 14.7. The maximum Gasteiger partial charge on any atom is 0.490 e. The summed E-state index contributed by atoms with van der Waals surface area (Å²) in [4.78, 5) is 22.2. The van der Waals surface area contributed by atoms with E-state index in [1.807, 2.05) is 66.7 Å². The topological polar surface area (TPSA) is 134 Å². The summed E-state index contributed by atoms with van der Waals surface area (Å²) in [6, 6.07) is 35.4. The average Bonchev–Trinajstić information content (AvgIpc) is 3.06. The van der Waals surface area contributed by atoms with Crippen molar-refractivity contribution in [1.82, 2.24) is 15.4 Å². The van der Waals surface area contributed by atoms with Crippen LogP contribution >= 0.6 is 0 Å². The molecule has 0 aliphatic carbocycles. The number of carbonyl (C=O) groups is 2. The van der Waals surface area contributed by atoms with Gasteiger partial charge >= 0.3 is 12.1 Å². The Morgan fingerprint density at radius 1 is 0.809 bits per heavy atom. The van der Waals surface area contributed by atoms with Crippen molar-refractivity contribution in [2.24, 2.45) is 5.92 Å². The summed E-state index contributed by atoms with van der Waals surface area (Å²) in [5.74, 6) is -1.96. The predicted molar refractivity (Wildman–Crippen MR) is 169 cm³/mol. The second-order valence-corrected chi connectivity index (χ2v) is 12.4. The number of aliphatic carboxylic acids is 1. The zero-order chi connectivity index (χ0) is 33.9. The number of benzene rings is 4. The lowest BCUT2D eigenvalue weighted by atomic mass is 9.90. The van der Waals surface area contributed by atoms with Crippen LogP contribution in [0.2, 0.25) is 0 Å². The zero-order valence-electron chi connectivity index (χ0n) is 25.1. The molecule has 0 bridgehead atoms. The van der Waals surface area contributed by atoms with E-state index in [-0.39, 0.29) is 22.6 Å². The van der Waals surface area contributed by atoms with Crippen molar-refractivity contribution in [2.75, 3.05) is 19.6 Å². The maximum absolute atomic E-state index is 13.2. The van der Waals surface area contributed by atoms with Gasteiger partial charge in [0.1, 0.15) is 11.5 Å². The van der Waals surface area contributed by atoms with E-state index in [1.54, 1.807) is 12.1 Å². The number of carbonyl (C=O) groups excluding carboxylic acids is 1. The summed E-state index contributed by atoms with van der Waals surface area (Å²) in [7, 11) is -3.77. The number of amides is 1. The van der Waals surface area contributed by atoms with Crippen molar-refractivity contribution >= 4 is 21.9 Å². The van der Waals surface area contributed by atoms with E-state index in [0.29, 0.717) is 37.6 Å². The summed E-state index contributed by atoms with van der Waals surface area (Å²) in [5.41, 5.74) is 2.25. The lowest BCUT2D eigenvalue weighted by Crippen LogP contribution is -2.52. The second kappa shape index (κ2) is 16.2. The van der Waals surface area contributed by atoms with Crippen molar-refractivity contribution in [3.63, 3.8) is 0 Å². The van der Waals surface area contributed by atoms with Crippen LogP contribution < -0.4 is 20.1 Å². The average molecular weight is 670 g/mol. The van der Waals surface area contributed by atoms with Crippen LogP contribution in [0.3, 0.4) is 0 Å². The molecule has 0 unspecified atom stereocenters. The first kappa shape index (κ1) is 35.1. The molecular weight excluding hydrogens is 635 g/mol. The van der Waals surface area contributed by atoms with Gasteiger partial charge in [-0.25, -0.2) is 17.9 Å². The van der Waals surface area contributed by atoms with Crippen LogP contribution in [0.25, 0.3) is 0 Å². The van der Waals surface area contributed by atoms with Gasteiger partial charge in [-0.15, -0.1) is 0 Å². The quantitative estimate of drug-likeness (QED) is 0.180. The Morgan fingerprint density at radius 2 is 1.30 bits per heavy atom. The summed E-state index contributed by atoms with van der Waals surface area (Å²) in [6.07, 6.45) is -4.67. The van der Waals surface area contributed by atoms with Crippen LogP contribution in [0.4, 0.5) is 13.2 Å². The summed E-state index contributed by atoms with van der Waals surface area (Å²) in [6.45, 7) is 1.41. The standard InChI is InChI=1S/C32H33N3O4S.C2HF3O2/c36-32(34-23-31(24-10-4-1-5-11-24)25-12-6-2-7-13-25)26-20-27(22-33-21-26)35-40(37,38)30-18-16-29(17-19-30)39-28-14-8-3-9-15-28;3-2(4,5)1(6)7/h1-19,26-27,31,33,35H,20-23H2,(H,34,36);(H,6,7)/t26-,27+;/m0./s1. The molecule has 0 aromatic heterocycles. The Morgan fingerprint density at radius 3 is 1.81 bits per heavy atom. The van der Waals surface area contributed by atoms with Gasteiger partial charge in [-0.3, -0.25) is 4.79 Å². The fourth-order valence-electron chi connectivity index (χ4n) is 4.98. The summed E-state index contributed by atoms with van der Waals surface area (Å²) < 4.78 is 66.5. The van der Waals surface area contributed by atoms with Gasteiger partial charge in [0, 0.05) is 31.6 Å². The largest absolute Gasteiger partial charge is 0.490 e. The third-order valence-corrected chi connectivity index (χ3v) is 8.82. The summed E-state index contributed by atoms with van der Waals surface area (Å²) >= 11 is 0. The molecule has 1 amide bonds. The number of nitrogens with one attached hydrogen (secondary N) is 3. The van der Waals surface area contributed by atoms with Gasteiger partial charge in [0.05, 0.1) is 10.8 Å². The van der Waals surface area contributed by atoms with Crippen LogP contribution in [0.1, 0.15) is 23.5 Å². The van der Waals surface area contributed by atoms with Crippen molar-refractivity contribution in [1.29, 1.82) is 0 Å². The molecule has 13 heteroatoms. The Balaban J connectivity index is 0.000000644. The lowest BCUT2D eigenvalue weighted by Gasteiger charge is -2.30. The Kier molecular flexibility index (Phi) is 12.1. The molecule has 1 aliphatic rings.